The van der Waals surface area contributed by atoms with Gasteiger partial charge in [-0.1, -0.05) is 29.4 Å². The lowest BCUT2D eigenvalue weighted by molar-refractivity contribution is 0.0995. The van der Waals surface area contributed by atoms with E-state index in [1.807, 2.05) is 37.3 Å². The van der Waals surface area contributed by atoms with Crippen molar-refractivity contribution < 1.29 is 9.63 Å². The van der Waals surface area contributed by atoms with Crippen LogP contribution in [-0.4, -0.2) is 28.2 Å². The van der Waals surface area contributed by atoms with Gasteiger partial charge in [0.2, 0.25) is 0 Å². The number of nitriles is 1. The Balaban J connectivity index is 2.31. The number of fused-ring (bicyclic) bond motifs is 3. The molecule has 2 N–H and O–H groups in total. The van der Waals surface area contributed by atoms with Crippen LogP contribution in [0.5, 0.6) is 0 Å². The topological polar surface area (TPSA) is 114 Å². The van der Waals surface area contributed by atoms with Crippen molar-refractivity contribution in [2.45, 2.75) is 6.92 Å². The summed E-state index contributed by atoms with van der Waals surface area (Å²) in [5, 5.41) is 13.2. The van der Waals surface area contributed by atoms with Crippen molar-refractivity contribution >= 4 is 11.6 Å². The molecule has 0 spiro atoms. The Kier molecular flexibility index (Phi) is 3.27. The molecular formula is C15H11N5O2. The van der Waals surface area contributed by atoms with Gasteiger partial charge in [0.25, 0.3) is 5.91 Å². The largest absolute Gasteiger partial charge is 0.396 e. The maximum atomic E-state index is 11.5. The highest BCUT2D eigenvalue weighted by Gasteiger charge is 2.31. The number of oxime groups is 1. The molecule has 22 heavy (non-hydrogen) atoms. The summed E-state index contributed by atoms with van der Waals surface area (Å²) in [4.78, 5) is 25.0. The zero-order chi connectivity index (χ0) is 15.7. The smallest absolute Gasteiger partial charge is 0.270 e. The van der Waals surface area contributed by atoms with Gasteiger partial charge in [-0.2, -0.15) is 5.26 Å². The molecule has 108 valence electrons. The summed E-state index contributed by atoms with van der Waals surface area (Å²) in [6, 6.07) is 9.23. The number of benzene rings is 1. The van der Waals surface area contributed by atoms with Crippen LogP contribution >= 0.6 is 0 Å². The third-order valence-electron chi connectivity index (χ3n) is 3.18. The summed E-state index contributed by atoms with van der Waals surface area (Å²) >= 11 is 0. The molecule has 0 saturated carbocycles. The summed E-state index contributed by atoms with van der Waals surface area (Å²) in [6.45, 7) is 2.22. The molecule has 0 radical (unpaired) electrons. The van der Waals surface area contributed by atoms with Crippen LogP contribution in [0.3, 0.4) is 0 Å². The van der Waals surface area contributed by atoms with Crippen molar-refractivity contribution in [1.82, 2.24) is 9.97 Å². The van der Waals surface area contributed by atoms with Gasteiger partial charge in [-0.05, 0) is 6.92 Å². The van der Waals surface area contributed by atoms with Gasteiger partial charge in [0, 0.05) is 11.1 Å². The maximum absolute atomic E-state index is 11.5. The number of hydrogen-bond acceptors (Lipinski definition) is 6. The predicted molar refractivity (Wildman–Crippen MR) is 78.0 cm³/mol. The fourth-order valence-corrected chi connectivity index (χ4v) is 2.28. The van der Waals surface area contributed by atoms with Crippen LogP contribution in [0.25, 0.3) is 11.3 Å². The number of hydrogen-bond donors (Lipinski definition) is 1. The van der Waals surface area contributed by atoms with Gasteiger partial charge in [0.05, 0.1) is 0 Å². The molecule has 1 amide bonds. The first-order valence-electron chi connectivity index (χ1n) is 6.59. The Morgan fingerprint density at radius 2 is 2.05 bits per heavy atom. The van der Waals surface area contributed by atoms with E-state index in [2.05, 4.69) is 15.1 Å². The minimum atomic E-state index is -0.792. The first-order valence-corrected chi connectivity index (χ1v) is 6.59. The van der Waals surface area contributed by atoms with E-state index in [9.17, 15) is 4.79 Å². The Hall–Kier alpha value is -3.27. The second-order valence-corrected chi connectivity index (χ2v) is 4.50. The molecule has 0 fully saturated rings. The van der Waals surface area contributed by atoms with E-state index in [0.717, 1.165) is 11.1 Å². The van der Waals surface area contributed by atoms with Crippen molar-refractivity contribution in [2.24, 2.45) is 10.9 Å². The SMILES string of the molecule is CCO/N=C1/c2ccccc2-c2nc(C(N)=O)c(C#N)nc21. The number of carbonyl (C=O) groups excluding carboxylic acids is 1. The molecule has 0 unspecified atom stereocenters. The zero-order valence-electron chi connectivity index (χ0n) is 11.7. The molecule has 7 heteroatoms. The van der Waals surface area contributed by atoms with E-state index in [1.54, 1.807) is 0 Å². The van der Waals surface area contributed by atoms with Crippen LogP contribution in [0.1, 0.15) is 34.4 Å². The molecule has 0 aliphatic heterocycles. The molecule has 2 aromatic rings. The molecule has 0 bridgehead atoms. The number of nitrogens with zero attached hydrogens (tertiary/aromatic N) is 4. The second kappa shape index (κ2) is 5.26. The zero-order valence-corrected chi connectivity index (χ0v) is 11.7. The van der Waals surface area contributed by atoms with Gasteiger partial charge in [-0.25, -0.2) is 9.97 Å². The summed E-state index contributed by atoms with van der Waals surface area (Å²) in [7, 11) is 0. The Bertz CT molecular complexity index is 851. The van der Waals surface area contributed by atoms with Crippen molar-refractivity contribution in [3.8, 4) is 17.3 Å². The molecule has 3 rings (SSSR count). The lowest BCUT2D eigenvalue weighted by atomic mass is 10.1. The molecular weight excluding hydrogens is 282 g/mol. The van der Waals surface area contributed by atoms with Gasteiger partial charge in [0.15, 0.2) is 11.4 Å². The number of rotatable bonds is 3. The van der Waals surface area contributed by atoms with E-state index in [4.69, 9.17) is 15.8 Å². The summed E-state index contributed by atoms with van der Waals surface area (Å²) in [6.07, 6.45) is 0. The van der Waals surface area contributed by atoms with Crippen molar-refractivity contribution in [3.63, 3.8) is 0 Å². The Labute approximate surface area is 126 Å². The average Bonchev–Trinajstić information content (AvgIpc) is 2.84. The Morgan fingerprint density at radius 1 is 1.32 bits per heavy atom. The van der Waals surface area contributed by atoms with Gasteiger partial charge >= 0.3 is 0 Å². The highest BCUT2D eigenvalue weighted by Crippen LogP contribution is 2.35. The summed E-state index contributed by atoms with van der Waals surface area (Å²) < 4.78 is 0. The van der Waals surface area contributed by atoms with Gasteiger partial charge in [-0.3, -0.25) is 4.79 Å². The second-order valence-electron chi connectivity index (χ2n) is 4.50. The van der Waals surface area contributed by atoms with E-state index < -0.39 is 5.91 Å². The molecule has 0 saturated heterocycles. The van der Waals surface area contributed by atoms with Crippen molar-refractivity contribution in [2.75, 3.05) is 6.61 Å². The molecule has 1 aromatic carbocycles. The van der Waals surface area contributed by atoms with Gasteiger partial charge < -0.3 is 10.6 Å². The van der Waals surface area contributed by atoms with Crippen LogP contribution in [0.2, 0.25) is 0 Å². The first-order chi connectivity index (χ1) is 10.7. The van der Waals surface area contributed by atoms with Crippen LogP contribution in [0, 0.1) is 11.3 Å². The number of amides is 1. The number of aromatic nitrogens is 2. The molecule has 7 nitrogen and oxygen atoms in total. The molecule has 1 aromatic heterocycles. The lowest BCUT2D eigenvalue weighted by Crippen LogP contribution is -2.18. The van der Waals surface area contributed by atoms with E-state index in [1.165, 1.54) is 0 Å². The normalized spacial score (nSPS) is 13.4. The molecule has 1 heterocycles. The fraction of sp³-hybridized carbons (Fsp3) is 0.133. The minimum absolute atomic E-state index is 0.122. The highest BCUT2D eigenvalue weighted by atomic mass is 16.6. The Morgan fingerprint density at radius 3 is 2.68 bits per heavy atom. The fourth-order valence-electron chi connectivity index (χ4n) is 2.28. The molecule has 0 atom stereocenters. The predicted octanol–water partition coefficient (Wildman–Crippen LogP) is 1.22. The van der Waals surface area contributed by atoms with E-state index in [-0.39, 0.29) is 11.4 Å². The summed E-state index contributed by atoms with van der Waals surface area (Å²) in [5.74, 6) is -0.792. The average molecular weight is 293 g/mol. The van der Waals surface area contributed by atoms with Gasteiger partial charge in [0.1, 0.15) is 29.8 Å². The highest BCUT2D eigenvalue weighted by molar-refractivity contribution is 6.22. The first kappa shape index (κ1) is 13.7. The van der Waals surface area contributed by atoms with Crippen LogP contribution in [0.15, 0.2) is 29.4 Å². The van der Waals surface area contributed by atoms with Crippen molar-refractivity contribution in [1.29, 1.82) is 5.26 Å². The van der Waals surface area contributed by atoms with Crippen LogP contribution in [-0.2, 0) is 4.84 Å². The molecule has 1 aliphatic carbocycles. The number of carbonyl (C=O) groups is 1. The lowest BCUT2D eigenvalue weighted by Gasteiger charge is -2.03. The van der Waals surface area contributed by atoms with E-state index in [0.29, 0.717) is 23.7 Å². The third-order valence-corrected chi connectivity index (χ3v) is 3.18. The monoisotopic (exact) mass is 293 g/mol. The number of nitrogens with two attached hydrogens (primary N) is 1. The minimum Gasteiger partial charge on any atom is -0.396 e. The molecule has 1 aliphatic rings. The van der Waals surface area contributed by atoms with Crippen LogP contribution in [0.4, 0.5) is 0 Å². The quantitative estimate of drug-likeness (QED) is 0.729. The standard InChI is InChI=1S/C15H11N5O2/c1-2-22-20-12-9-6-4-3-5-8(9)11-14(12)18-10(7-16)13(19-11)15(17)21/h3-6H,2H2,1H3,(H2,17,21)/b20-12-. The maximum Gasteiger partial charge on any atom is 0.270 e. The number of primary amides is 1. The summed E-state index contributed by atoms with van der Waals surface area (Å²) in [5.41, 5.74) is 7.95. The van der Waals surface area contributed by atoms with Crippen molar-refractivity contribution in [3.05, 3.63) is 46.9 Å². The van der Waals surface area contributed by atoms with Crippen LogP contribution < -0.4 is 5.73 Å². The van der Waals surface area contributed by atoms with E-state index >= 15 is 0 Å². The van der Waals surface area contributed by atoms with Gasteiger partial charge in [-0.15, -0.1) is 0 Å². The third kappa shape index (κ3) is 1.98.